The van der Waals surface area contributed by atoms with E-state index in [1.807, 2.05) is 0 Å². The van der Waals surface area contributed by atoms with Crippen LogP contribution in [0.3, 0.4) is 0 Å². The van der Waals surface area contributed by atoms with Crippen LogP contribution in [0.5, 0.6) is 0 Å². The van der Waals surface area contributed by atoms with Gasteiger partial charge in [-0.05, 0) is 81.5 Å². The minimum Gasteiger partial charge on any atom is -0.427 e. The lowest BCUT2D eigenvalue weighted by Crippen LogP contribution is -2.53. The number of esters is 1. The van der Waals surface area contributed by atoms with Crippen LogP contribution in [0.4, 0.5) is 8.78 Å². The summed E-state index contributed by atoms with van der Waals surface area (Å²) < 4.78 is 34.4. The molecule has 2 aromatic rings. The third kappa shape index (κ3) is 4.73. The van der Waals surface area contributed by atoms with Crippen molar-refractivity contribution >= 4 is 17.4 Å². The number of carbonyl (C=O) groups is 2. The van der Waals surface area contributed by atoms with Gasteiger partial charge in [-0.2, -0.15) is 5.06 Å². The van der Waals surface area contributed by atoms with Gasteiger partial charge in [-0.25, -0.2) is 8.78 Å². The number of benzene rings is 2. The Morgan fingerprint density at radius 3 is 2.26 bits per heavy atom. The molecule has 1 spiro atoms. The number of nitrogens with zero attached hydrogens (tertiary/aromatic N) is 1. The summed E-state index contributed by atoms with van der Waals surface area (Å²) >= 11 is 0. The second-order valence-corrected chi connectivity index (χ2v) is 10.1. The van der Waals surface area contributed by atoms with Crippen LogP contribution in [-0.4, -0.2) is 42.7 Å². The number of amides is 1. The van der Waals surface area contributed by atoms with Gasteiger partial charge in [-0.1, -0.05) is 12.1 Å². The van der Waals surface area contributed by atoms with Crippen molar-refractivity contribution in [2.24, 2.45) is 5.41 Å². The van der Waals surface area contributed by atoms with E-state index < -0.39 is 28.6 Å². The number of rotatable bonds is 4. The number of carbonyl (C=O) groups excluding carboxylic acids is 2. The number of hydrogen-bond donors (Lipinski definition) is 1. The zero-order valence-corrected chi connectivity index (χ0v) is 20.6. The number of hydroxylamine groups is 2. The molecule has 0 aromatic heterocycles. The summed E-state index contributed by atoms with van der Waals surface area (Å²) in [4.78, 5) is 31.7. The number of piperidine rings is 1. The first-order valence-electron chi connectivity index (χ1n) is 11.6. The van der Waals surface area contributed by atoms with Gasteiger partial charge in [-0.3, -0.25) is 9.59 Å². The van der Waals surface area contributed by atoms with E-state index in [0.29, 0.717) is 42.6 Å². The molecule has 0 radical (unpaired) electrons. The lowest BCUT2D eigenvalue weighted by Gasteiger charge is -2.39. The van der Waals surface area contributed by atoms with Crippen LogP contribution in [-0.2, 0) is 19.2 Å². The number of nitrogens with one attached hydrogen (secondary N) is 1. The van der Waals surface area contributed by atoms with Gasteiger partial charge in [-0.15, -0.1) is 0 Å². The Bertz CT molecular complexity index is 1190. The first kappa shape index (κ1) is 25.0. The van der Waals surface area contributed by atoms with Crippen molar-refractivity contribution < 1.29 is 27.9 Å². The minimum atomic E-state index is -0.876. The van der Waals surface area contributed by atoms with E-state index >= 15 is 0 Å². The van der Waals surface area contributed by atoms with Crippen molar-refractivity contribution in [1.82, 2.24) is 10.4 Å². The average Bonchev–Trinajstić information content (AvgIpc) is 3.05. The van der Waals surface area contributed by atoms with E-state index in [9.17, 15) is 18.4 Å². The summed E-state index contributed by atoms with van der Waals surface area (Å²) in [7, 11) is 1.59. The van der Waals surface area contributed by atoms with Gasteiger partial charge < -0.3 is 14.9 Å². The van der Waals surface area contributed by atoms with E-state index in [1.165, 1.54) is 30.3 Å². The fourth-order valence-corrected chi connectivity index (χ4v) is 4.51. The summed E-state index contributed by atoms with van der Waals surface area (Å²) in [5.41, 5.74) is 0.228. The SMILES string of the molecule is CON1CCC2(CC1)NC(=O)C(c1cc(-c3ccc(F)cc3)c(F)cc1C)=C2OC(=O)C(C)(C)C. The third-order valence-corrected chi connectivity index (χ3v) is 6.62. The van der Waals surface area contributed by atoms with E-state index in [0.717, 1.165) is 0 Å². The third-order valence-electron chi connectivity index (χ3n) is 6.62. The average molecular weight is 485 g/mol. The molecule has 2 aliphatic rings. The van der Waals surface area contributed by atoms with Gasteiger partial charge in [0.05, 0.1) is 18.1 Å². The normalized spacial score (nSPS) is 18.2. The van der Waals surface area contributed by atoms with Crippen molar-refractivity contribution in [2.75, 3.05) is 20.2 Å². The Labute approximate surface area is 203 Å². The topological polar surface area (TPSA) is 67.9 Å². The molecule has 35 heavy (non-hydrogen) atoms. The summed E-state index contributed by atoms with van der Waals surface area (Å²) in [5, 5.41) is 4.85. The smallest absolute Gasteiger partial charge is 0.316 e. The molecule has 1 saturated heterocycles. The molecule has 1 fully saturated rings. The van der Waals surface area contributed by atoms with Crippen molar-refractivity contribution in [3.05, 3.63) is 64.9 Å². The second-order valence-electron chi connectivity index (χ2n) is 10.1. The fourth-order valence-electron chi connectivity index (χ4n) is 4.51. The standard InChI is InChI=1S/C27H30F2N2O4/c1-16-14-21(29)20(17-6-8-18(28)9-7-17)15-19(16)22-23(35-25(33)26(2,3)4)27(30-24(22)32)10-12-31(34-5)13-11-27/h6-9,14-15H,10-13H2,1-5H3,(H,30,32). The van der Waals surface area contributed by atoms with Crippen LogP contribution in [0, 0.1) is 24.0 Å². The summed E-state index contributed by atoms with van der Waals surface area (Å²) in [6.07, 6.45) is 0.960. The fraction of sp³-hybridized carbons (Fsp3) is 0.407. The van der Waals surface area contributed by atoms with Crippen molar-refractivity contribution in [2.45, 2.75) is 46.1 Å². The Balaban J connectivity index is 1.88. The molecule has 2 aromatic carbocycles. The second kappa shape index (κ2) is 9.17. The maximum absolute atomic E-state index is 15.0. The number of ether oxygens (including phenoxy) is 1. The van der Waals surface area contributed by atoms with E-state index in [2.05, 4.69) is 5.32 Å². The number of aryl methyl sites for hydroxylation is 1. The number of halogens is 2. The molecule has 8 heteroatoms. The Morgan fingerprint density at radius 1 is 1.06 bits per heavy atom. The molecule has 0 unspecified atom stereocenters. The molecule has 0 atom stereocenters. The molecule has 1 N–H and O–H groups in total. The maximum atomic E-state index is 15.0. The largest absolute Gasteiger partial charge is 0.427 e. The van der Waals surface area contributed by atoms with Crippen molar-refractivity contribution in [1.29, 1.82) is 0 Å². The minimum absolute atomic E-state index is 0.217. The van der Waals surface area contributed by atoms with E-state index in [4.69, 9.17) is 9.57 Å². The highest BCUT2D eigenvalue weighted by atomic mass is 19.1. The van der Waals surface area contributed by atoms with Gasteiger partial charge >= 0.3 is 5.97 Å². The summed E-state index contributed by atoms with van der Waals surface area (Å²) in [6, 6.07) is 8.39. The predicted octanol–water partition coefficient (Wildman–Crippen LogP) is 4.77. The van der Waals surface area contributed by atoms with Gasteiger partial charge in [0.15, 0.2) is 0 Å². The van der Waals surface area contributed by atoms with Gasteiger partial charge in [0.1, 0.15) is 22.9 Å². The van der Waals surface area contributed by atoms with Gasteiger partial charge in [0.25, 0.3) is 5.91 Å². The summed E-state index contributed by atoms with van der Waals surface area (Å²) in [5.74, 6) is -1.51. The van der Waals surface area contributed by atoms with Crippen molar-refractivity contribution in [3.8, 4) is 11.1 Å². The molecule has 0 saturated carbocycles. The van der Waals surface area contributed by atoms with E-state index in [1.54, 1.807) is 45.9 Å². The number of hydrogen-bond acceptors (Lipinski definition) is 5. The molecule has 2 heterocycles. The Morgan fingerprint density at radius 2 is 1.69 bits per heavy atom. The van der Waals surface area contributed by atoms with Crippen LogP contribution in [0.1, 0.15) is 44.7 Å². The lowest BCUT2D eigenvalue weighted by molar-refractivity contribution is -0.159. The highest BCUT2D eigenvalue weighted by Crippen LogP contribution is 2.43. The molecule has 1 amide bonds. The molecule has 6 nitrogen and oxygen atoms in total. The quantitative estimate of drug-likeness (QED) is 0.634. The molecule has 0 aliphatic carbocycles. The van der Waals surface area contributed by atoms with Crippen molar-refractivity contribution in [3.63, 3.8) is 0 Å². The predicted molar refractivity (Wildman–Crippen MR) is 128 cm³/mol. The van der Waals surface area contributed by atoms with Crippen LogP contribution in [0.15, 0.2) is 42.2 Å². The Hall–Kier alpha value is -3.10. The highest BCUT2D eigenvalue weighted by Gasteiger charge is 2.50. The zero-order valence-electron chi connectivity index (χ0n) is 20.6. The zero-order chi connectivity index (χ0) is 25.5. The molecular weight excluding hydrogens is 454 g/mol. The van der Waals surface area contributed by atoms with Crippen LogP contribution in [0.25, 0.3) is 16.7 Å². The highest BCUT2D eigenvalue weighted by molar-refractivity contribution is 6.24. The van der Waals surface area contributed by atoms with Crippen LogP contribution in [0.2, 0.25) is 0 Å². The van der Waals surface area contributed by atoms with Crippen LogP contribution >= 0.6 is 0 Å². The maximum Gasteiger partial charge on any atom is 0.316 e. The molecular formula is C27H30F2N2O4. The molecule has 186 valence electrons. The Kier molecular flexibility index (Phi) is 6.55. The van der Waals surface area contributed by atoms with Gasteiger partial charge in [0.2, 0.25) is 0 Å². The lowest BCUT2D eigenvalue weighted by atomic mass is 9.85. The molecule has 4 rings (SSSR count). The van der Waals surface area contributed by atoms with Gasteiger partial charge in [0, 0.05) is 18.7 Å². The summed E-state index contributed by atoms with van der Waals surface area (Å²) in [6.45, 7) is 8.00. The monoisotopic (exact) mass is 484 g/mol. The first-order valence-corrected chi connectivity index (χ1v) is 11.6. The first-order chi connectivity index (χ1) is 16.4. The van der Waals surface area contributed by atoms with Crippen LogP contribution < -0.4 is 5.32 Å². The molecule has 2 aliphatic heterocycles. The molecule has 0 bridgehead atoms. The van der Waals surface area contributed by atoms with E-state index in [-0.39, 0.29) is 22.8 Å².